The molecule has 1 N–H and O–H groups in total. The normalized spacial score (nSPS) is 10.9. The summed E-state index contributed by atoms with van der Waals surface area (Å²) in [6.45, 7) is 0.858. The molecule has 0 saturated carbocycles. The molecule has 0 bridgehead atoms. The first kappa shape index (κ1) is 19.7. The average molecular weight is 397 g/mol. The molecule has 0 spiro atoms. The highest BCUT2D eigenvalue weighted by molar-refractivity contribution is 7.92. The van der Waals surface area contributed by atoms with Crippen LogP contribution in [0.25, 0.3) is 0 Å². The number of amides is 1. The molecule has 0 aliphatic heterocycles. The van der Waals surface area contributed by atoms with Crippen molar-refractivity contribution in [1.29, 1.82) is 0 Å². The Morgan fingerprint density at radius 3 is 2.15 bits per heavy atom. The number of rotatable bonds is 6. The van der Waals surface area contributed by atoms with E-state index < -0.39 is 22.5 Å². The van der Waals surface area contributed by atoms with Crippen molar-refractivity contribution in [2.45, 2.75) is 11.8 Å². The van der Waals surface area contributed by atoms with Gasteiger partial charge in [0.05, 0.1) is 17.7 Å². The molecule has 2 aromatic rings. The van der Waals surface area contributed by atoms with Gasteiger partial charge in [0.15, 0.2) is 0 Å². The van der Waals surface area contributed by atoms with Crippen LogP contribution in [-0.4, -0.2) is 33.9 Å². The molecule has 9 heteroatoms. The van der Waals surface area contributed by atoms with Gasteiger partial charge in [0, 0.05) is 17.6 Å². The summed E-state index contributed by atoms with van der Waals surface area (Å²) in [4.78, 5) is 22.7. The summed E-state index contributed by atoms with van der Waals surface area (Å²) in [5, 5.41) is 2.99. The van der Waals surface area contributed by atoms with Crippen LogP contribution in [0.3, 0.4) is 0 Å². The Morgan fingerprint density at radius 2 is 1.65 bits per heavy atom. The first-order valence-electron chi connectivity index (χ1n) is 7.47. The summed E-state index contributed by atoms with van der Waals surface area (Å²) in [7, 11) is -2.86. The van der Waals surface area contributed by atoms with Crippen molar-refractivity contribution in [3.63, 3.8) is 0 Å². The number of methoxy groups -OCH3 is 1. The van der Waals surface area contributed by atoms with E-state index in [-0.39, 0.29) is 16.5 Å². The molecule has 0 heterocycles. The molecule has 2 aromatic carbocycles. The molecule has 138 valence electrons. The second-order valence-electron chi connectivity index (χ2n) is 5.27. The van der Waals surface area contributed by atoms with E-state index in [0.717, 1.165) is 4.31 Å². The van der Waals surface area contributed by atoms with Gasteiger partial charge in [0.25, 0.3) is 10.0 Å². The summed E-state index contributed by atoms with van der Waals surface area (Å²) in [6, 6.07) is 11.7. The van der Waals surface area contributed by atoms with Crippen LogP contribution in [0.2, 0.25) is 5.02 Å². The topological polar surface area (TPSA) is 92.8 Å². The fraction of sp³-hybridized carbons (Fsp3) is 0.176. The van der Waals surface area contributed by atoms with Gasteiger partial charge in [-0.15, -0.1) is 0 Å². The van der Waals surface area contributed by atoms with Crippen LogP contribution in [0.1, 0.15) is 6.92 Å². The van der Waals surface area contributed by atoms with E-state index in [1.54, 1.807) is 0 Å². The fourth-order valence-corrected chi connectivity index (χ4v) is 3.68. The molecular weight excluding hydrogens is 380 g/mol. The van der Waals surface area contributed by atoms with Crippen LogP contribution in [0.4, 0.5) is 11.4 Å². The van der Waals surface area contributed by atoms with Gasteiger partial charge in [-0.1, -0.05) is 11.6 Å². The molecule has 0 unspecified atom stereocenters. The van der Waals surface area contributed by atoms with Crippen LogP contribution in [0, 0.1) is 0 Å². The largest absolute Gasteiger partial charge is 0.468 e. The maximum absolute atomic E-state index is 13.0. The number of hydrogen-bond donors (Lipinski definition) is 1. The summed E-state index contributed by atoms with van der Waals surface area (Å²) in [5.41, 5.74) is 0.730. The third-order valence-corrected chi connectivity index (χ3v) is 5.42. The number of carbonyl (C=O) groups is 2. The first-order valence-corrected chi connectivity index (χ1v) is 9.28. The van der Waals surface area contributed by atoms with Gasteiger partial charge >= 0.3 is 5.97 Å². The lowest BCUT2D eigenvalue weighted by Gasteiger charge is -2.23. The number of ether oxygens (including phenoxy) is 1. The second kappa shape index (κ2) is 8.20. The Bertz CT molecular complexity index is 896. The van der Waals surface area contributed by atoms with Crippen LogP contribution >= 0.6 is 11.6 Å². The monoisotopic (exact) mass is 396 g/mol. The number of halogens is 1. The number of carbonyl (C=O) groups excluding carboxylic acids is 2. The number of nitrogens with one attached hydrogen (secondary N) is 1. The highest BCUT2D eigenvalue weighted by Gasteiger charge is 2.27. The molecule has 26 heavy (non-hydrogen) atoms. The summed E-state index contributed by atoms with van der Waals surface area (Å²) in [6.07, 6.45) is 0. The lowest BCUT2D eigenvalue weighted by atomic mass is 10.3. The Kier molecular flexibility index (Phi) is 6.23. The Morgan fingerprint density at radius 1 is 1.08 bits per heavy atom. The number of nitrogens with zero attached hydrogens (tertiary/aromatic N) is 1. The smallest absolute Gasteiger partial charge is 0.326 e. The van der Waals surface area contributed by atoms with Crippen molar-refractivity contribution in [3.8, 4) is 0 Å². The Hall–Kier alpha value is -2.58. The molecule has 7 nitrogen and oxygen atoms in total. The second-order valence-corrected chi connectivity index (χ2v) is 7.57. The van der Waals surface area contributed by atoms with Gasteiger partial charge in [-0.05, 0) is 48.5 Å². The minimum Gasteiger partial charge on any atom is -0.468 e. The maximum Gasteiger partial charge on any atom is 0.326 e. The highest BCUT2D eigenvalue weighted by atomic mass is 35.5. The minimum atomic E-state index is -4.04. The summed E-state index contributed by atoms with van der Waals surface area (Å²) in [5.74, 6) is -0.979. The molecule has 0 atom stereocenters. The molecule has 0 radical (unpaired) electrons. The van der Waals surface area contributed by atoms with Gasteiger partial charge in [-0.2, -0.15) is 0 Å². The minimum absolute atomic E-state index is 0.0366. The van der Waals surface area contributed by atoms with E-state index in [1.807, 2.05) is 0 Å². The molecule has 0 fully saturated rings. The molecule has 0 aliphatic rings. The number of benzene rings is 2. The van der Waals surface area contributed by atoms with Crippen LogP contribution in [0.15, 0.2) is 53.4 Å². The van der Waals surface area contributed by atoms with E-state index in [1.165, 1.54) is 62.6 Å². The average Bonchev–Trinajstić information content (AvgIpc) is 2.60. The first-order chi connectivity index (χ1) is 12.2. The zero-order valence-electron chi connectivity index (χ0n) is 14.1. The highest BCUT2D eigenvalue weighted by Crippen LogP contribution is 2.26. The van der Waals surface area contributed by atoms with Gasteiger partial charge in [0.1, 0.15) is 6.54 Å². The third-order valence-electron chi connectivity index (χ3n) is 3.38. The van der Waals surface area contributed by atoms with E-state index in [0.29, 0.717) is 10.7 Å². The van der Waals surface area contributed by atoms with Crippen molar-refractivity contribution in [1.82, 2.24) is 0 Å². The van der Waals surface area contributed by atoms with E-state index in [4.69, 9.17) is 11.6 Å². The van der Waals surface area contributed by atoms with Crippen LogP contribution in [-0.2, 0) is 24.3 Å². The maximum atomic E-state index is 13.0. The van der Waals surface area contributed by atoms with Crippen molar-refractivity contribution in [2.24, 2.45) is 0 Å². The van der Waals surface area contributed by atoms with E-state index >= 15 is 0 Å². The lowest BCUT2D eigenvalue weighted by molar-refractivity contribution is -0.138. The fourth-order valence-electron chi connectivity index (χ4n) is 2.14. The quantitative estimate of drug-likeness (QED) is 0.758. The summed E-state index contributed by atoms with van der Waals surface area (Å²) < 4.78 is 31.5. The Balaban J connectivity index is 2.42. The molecule has 0 aliphatic carbocycles. The lowest BCUT2D eigenvalue weighted by Crippen LogP contribution is -2.36. The third kappa shape index (κ3) is 4.74. The van der Waals surface area contributed by atoms with Gasteiger partial charge < -0.3 is 10.1 Å². The standard InChI is InChI=1S/C17H17ClN2O5S/c1-12(21)19-14-5-9-16(10-6-14)26(23,24)20(11-17(22)25-2)15-7-3-13(18)4-8-15/h3-10H,11H2,1-2H3,(H,19,21). The van der Waals surface area contributed by atoms with Crippen molar-refractivity contribution < 1.29 is 22.7 Å². The number of esters is 1. The molecular formula is C17H17ClN2O5S. The van der Waals surface area contributed by atoms with E-state index in [2.05, 4.69) is 10.1 Å². The molecule has 1 amide bonds. The van der Waals surface area contributed by atoms with Crippen LogP contribution in [0.5, 0.6) is 0 Å². The molecule has 2 rings (SSSR count). The van der Waals surface area contributed by atoms with E-state index in [9.17, 15) is 18.0 Å². The number of hydrogen-bond acceptors (Lipinski definition) is 5. The molecule has 0 saturated heterocycles. The predicted molar refractivity (Wildman–Crippen MR) is 98.7 cm³/mol. The van der Waals surface area contributed by atoms with Crippen LogP contribution < -0.4 is 9.62 Å². The Labute approximate surface area is 156 Å². The van der Waals surface area contributed by atoms with Gasteiger partial charge in [0.2, 0.25) is 5.91 Å². The summed E-state index contributed by atoms with van der Waals surface area (Å²) >= 11 is 5.85. The van der Waals surface area contributed by atoms with Crippen molar-refractivity contribution >= 4 is 44.9 Å². The SMILES string of the molecule is COC(=O)CN(c1ccc(Cl)cc1)S(=O)(=O)c1ccc(NC(C)=O)cc1. The molecule has 0 aromatic heterocycles. The van der Waals surface area contributed by atoms with Gasteiger partial charge in [-0.25, -0.2) is 8.42 Å². The predicted octanol–water partition coefficient (Wildman–Crippen LogP) is 2.67. The van der Waals surface area contributed by atoms with Crippen molar-refractivity contribution in [3.05, 3.63) is 53.6 Å². The zero-order valence-corrected chi connectivity index (χ0v) is 15.7. The number of anilines is 2. The zero-order chi connectivity index (χ0) is 19.3. The number of sulfonamides is 1. The van der Waals surface area contributed by atoms with Gasteiger partial charge in [-0.3, -0.25) is 13.9 Å². The van der Waals surface area contributed by atoms with Crippen molar-refractivity contribution in [2.75, 3.05) is 23.3 Å².